The van der Waals surface area contributed by atoms with E-state index in [1.807, 2.05) is 0 Å². The van der Waals surface area contributed by atoms with Gasteiger partial charge in [-0.2, -0.15) is 8.42 Å². The van der Waals surface area contributed by atoms with Crippen molar-refractivity contribution in [3.8, 4) is 0 Å². The lowest BCUT2D eigenvalue weighted by Crippen LogP contribution is -2.15. The fraction of sp³-hybridized carbons (Fsp3) is 0.200. The Morgan fingerprint density at radius 2 is 1.78 bits per heavy atom. The first-order valence-corrected chi connectivity index (χ1v) is 6.04. The highest BCUT2D eigenvalue weighted by atomic mass is 32.3. The summed E-state index contributed by atoms with van der Waals surface area (Å²) >= 11 is 0. The summed E-state index contributed by atoms with van der Waals surface area (Å²) in [4.78, 5) is 22.4. The zero-order chi connectivity index (χ0) is 14.1. The highest BCUT2D eigenvalue weighted by molar-refractivity contribution is 7.81. The molecule has 0 aliphatic carbocycles. The predicted octanol–water partition coefficient (Wildman–Crippen LogP) is 0.961. The molecule has 0 amide bonds. The molecular formula is C10H10O7S. The third-order valence-electron chi connectivity index (χ3n) is 2.29. The van der Waals surface area contributed by atoms with Crippen molar-refractivity contribution < 1.29 is 31.8 Å². The van der Waals surface area contributed by atoms with Gasteiger partial charge in [0, 0.05) is 0 Å². The highest BCUT2D eigenvalue weighted by Gasteiger charge is 2.22. The molecule has 98 valence electrons. The van der Waals surface area contributed by atoms with Crippen LogP contribution in [-0.4, -0.2) is 30.0 Å². The van der Waals surface area contributed by atoms with Crippen LogP contribution in [0, 0.1) is 13.8 Å². The van der Waals surface area contributed by atoms with Crippen LogP contribution in [0.15, 0.2) is 12.1 Å². The Bertz CT molecular complexity index is 615. The number of carbonyl (C=O) groups excluding carboxylic acids is 1. The number of rotatable bonds is 3. The van der Waals surface area contributed by atoms with Crippen molar-refractivity contribution in [2.45, 2.75) is 13.8 Å². The quantitative estimate of drug-likeness (QED) is 0.788. The van der Waals surface area contributed by atoms with Gasteiger partial charge in [-0.3, -0.25) is 4.55 Å². The molecule has 18 heavy (non-hydrogen) atoms. The Morgan fingerprint density at radius 1 is 1.22 bits per heavy atom. The number of hydrogen-bond donors (Lipinski definition) is 2. The van der Waals surface area contributed by atoms with E-state index in [1.165, 1.54) is 26.0 Å². The Morgan fingerprint density at radius 3 is 2.22 bits per heavy atom. The molecule has 1 aromatic carbocycles. The maximum Gasteiger partial charge on any atom is 0.449 e. The van der Waals surface area contributed by atoms with E-state index in [0.29, 0.717) is 5.56 Å². The first kappa shape index (κ1) is 14.1. The third-order valence-corrected chi connectivity index (χ3v) is 2.65. The molecule has 7 nitrogen and oxygen atoms in total. The first-order chi connectivity index (χ1) is 8.13. The van der Waals surface area contributed by atoms with E-state index < -0.39 is 22.3 Å². The van der Waals surface area contributed by atoms with E-state index in [4.69, 9.17) is 9.66 Å². The van der Waals surface area contributed by atoms with Crippen molar-refractivity contribution in [1.29, 1.82) is 0 Å². The van der Waals surface area contributed by atoms with E-state index in [2.05, 4.69) is 4.18 Å². The van der Waals surface area contributed by atoms with Crippen molar-refractivity contribution in [1.82, 2.24) is 0 Å². The van der Waals surface area contributed by atoms with Crippen LogP contribution in [0.25, 0.3) is 0 Å². The minimum atomic E-state index is -4.93. The van der Waals surface area contributed by atoms with Crippen LogP contribution in [0.2, 0.25) is 0 Å². The van der Waals surface area contributed by atoms with Crippen molar-refractivity contribution >= 4 is 22.3 Å². The summed E-state index contributed by atoms with van der Waals surface area (Å²) in [6.07, 6.45) is 0. The molecule has 8 heteroatoms. The van der Waals surface area contributed by atoms with Gasteiger partial charge in [0.25, 0.3) is 0 Å². The Kier molecular flexibility index (Phi) is 3.73. The number of carboxylic acid groups (broad SMARTS) is 1. The molecule has 1 aromatic rings. The molecule has 0 spiro atoms. The van der Waals surface area contributed by atoms with Crippen LogP contribution in [0.4, 0.5) is 0 Å². The van der Waals surface area contributed by atoms with Crippen molar-refractivity contribution in [3.63, 3.8) is 0 Å². The van der Waals surface area contributed by atoms with Crippen LogP contribution >= 0.6 is 0 Å². The van der Waals surface area contributed by atoms with Gasteiger partial charge in [-0.05, 0) is 31.0 Å². The van der Waals surface area contributed by atoms with Crippen molar-refractivity contribution in [2.75, 3.05) is 0 Å². The molecule has 0 bridgehead atoms. The highest BCUT2D eigenvalue weighted by Crippen LogP contribution is 2.19. The largest absolute Gasteiger partial charge is 0.478 e. The summed E-state index contributed by atoms with van der Waals surface area (Å²) in [7, 11) is -4.93. The fourth-order valence-electron chi connectivity index (χ4n) is 1.54. The number of aryl methyl sites for hydroxylation is 1. The predicted molar refractivity (Wildman–Crippen MR) is 59.8 cm³/mol. The number of aromatic carboxylic acids is 1. The van der Waals surface area contributed by atoms with Gasteiger partial charge in [0.15, 0.2) is 0 Å². The SMILES string of the molecule is Cc1ccc(C(=O)OS(=O)(=O)O)c(C)c1C(=O)O. The molecule has 0 aromatic heterocycles. The Balaban J connectivity index is 3.32. The average molecular weight is 274 g/mol. The molecule has 2 N–H and O–H groups in total. The Labute approximate surface area is 103 Å². The number of benzene rings is 1. The van der Waals surface area contributed by atoms with Crippen molar-refractivity contribution in [3.05, 3.63) is 34.4 Å². The summed E-state index contributed by atoms with van der Waals surface area (Å²) in [6.45, 7) is 2.88. The van der Waals surface area contributed by atoms with E-state index in [9.17, 15) is 18.0 Å². The van der Waals surface area contributed by atoms with Gasteiger partial charge < -0.3 is 9.29 Å². The first-order valence-electron chi connectivity index (χ1n) is 4.68. The fourth-order valence-corrected chi connectivity index (χ4v) is 1.82. The van der Waals surface area contributed by atoms with Crippen LogP contribution < -0.4 is 0 Å². The van der Waals surface area contributed by atoms with Gasteiger partial charge in [-0.1, -0.05) is 6.07 Å². The topological polar surface area (TPSA) is 118 Å². The lowest BCUT2D eigenvalue weighted by Gasteiger charge is -2.09. The van der Waals surface area contributed by atoms with Gasteiger partial charge in [0.1, 0.15) is 0 Å². The van der Waals surface area contributed by atoms with E-state index in [1.54, 1.807) is 0 Å². The zero-order valence-electron chi connectivity index (χ0n) is 9.50. The minimum Gasteiger partial charge on any atom is -0.478 e. The normalized spacial score (nSPS) is 11.1. The molecule has 0 unspecified atom stereocenters. The number of hydrogen-bond acceptors (Lipinski definition) is 5. The molecule has 0 saturated heterocycles. The maximum absolute atomic E-state index is 11.4. The number of carbonyl (C=O) groups is 2. The minimum absolute atomic E-state index is 0.0659. The van der Waals surface area contributed by atoms with Gasteiger partial charge >= 0.3 is 22.3 Å². The van der Waals surface area contributed by atoms with E-state index in [0.717, 1.165) is 0 Å². The van der Waals surface area contributed by atoms with Crippen LogP contribution in [-0.2, 0) is 14.6 Å². The summed E-state index contributed by atoms with van der Waals surface area (Å²) in [6, 6.07) is 2.57. The van der Waals surface area contributed by atoms with E-state index >= 15 is 0 Å². The molecule has 0 atom stereocenters. The summed E-state index contributed by atoms with van der Waals surface area (Å²) in [5.74, 6) is -2.58. The van der Waals surface area contributed by atoms with Gasteiger partial charge in [0.2, 0.25) is 0 Å². The second-order valence-corrected chi connectivity index (χ2v) is 4.56. The molecule has 0 saturated carbocycles. The summed E-state index contributed by atoms with van der Waals surface area (Å²) in [5.41, 5.74) is 0.134. The lowest BCUT2D eigenvalue weighted by atomic mass is 9.98. The third kappa shape index (κ3) is 3.05. The van der Waals surface area contributed by atoms with Gasteiger partial charge in [0.05, 0.1) is 11.1 Å². The van der Waals surface area contributed by atoms with Crippen LogP contribution in [0.5, 0.6) is 0 Å². The second-order valence-electron chi connectivity index (χ2n) is 3.53. The molecule has 1 rings (SSSR count). The summed E-state index contributed by atoms with van der Waals surface area (Å²) < 4.78 is 33.0. The molecule has 0 fully saturated rings. The number of carboxylic acids is 1. The van der Waals surface area contributed by atoms with Gasteiger partial charge in [-0.25, -0.2) is 9.59 Å². The second kappa shape index (κ2) is 4.75. The monoisotopic (exact) mass is 274 g/mol. The molecule has 0 heterocycles. The van der Waals surface area contributed by atoms with Crippen molar-refractivity contribution in [2.24, 2.45) is 0 Å². The molecule has 0 radical (unpaired) electrons. The van der Waals surface area contributed by atoms with Crippen LogP contribution in [0.1, 0.15) is 31.8 Å². The van der Waals surface area contributed by atoms with Crippen LogP contribution in [0.3, 0.4) is 0 Å². The Hall–Kier alpha value is -1.93. The zero-order valence-corrected chi connectivity index (χ0v) is 10.3. The molecule has 0 aliphatic rings. The standard InChI is InChI=1S/C10H10O7S/c1-5-3-4-7(6(2)8(5)9(11)12)10(13)17-18(14,15)16/h3-4H,1-2H3,(H,11,12)(H,14,15,16). The van der Waals surface area contributed by atoms with E-state index in [-0.39, 0.29) is 16.7 Å². The summed E-state index contributed by atoms with van der Waals surface area (Å²) in [5, 5.41) is 8.97. The molecular weight excluding hydrogens is 264 g/mol. The maximum atomic E-state index is 11.4. The lowest BCUT2D eigenvalue weighted by molar-refractivity contribution is 0.0695. The average Bonchev–Trinajstić information content (AvgIpc) is 2.13. The molecule has 0 aliphatic heterocycles. The van der Waals surface area contributed by atoms with Gasteiger partial charge in [-0.15, -0.1) is 0 Å². The smallest absolute Gasteiger partial charge is 0.449 e.